The maximum atomic E-state index is 12.4. The Morgan fingerprint density at radius 3 is 2.39 bits per heavy atom. The predicted molar refractivity (Wildman–Crippen MR) is 72.5 cm³/mol. The summed E-state index contributed by atoms with van der Waals surface area (Å²) in [6, 6.07) is 2.99. The lowest BCUT2D eigenvalue weighted by Gasteiger charge is -2.34. The molecule has 0 aliphatic heterocycles. The molecule has 0 saturated carbocycles. The lowest BCUT2D eigenvalue weighted by Crippen LogP contribution is -2.43. The van der Waals surface area contributed by atoms with Crippen LogP contribution in [-0.2, 0) is 10.0 Å². The Morgan fingerprint density at radius 2 is 1.94 bits per heavy atom. The highest BCUT2D eigenvalue weighted by Crippen LogP contribution is 2.28. The maximum absolute atomic E-state index is 12.4. The van der Waals surface area contributed by atoms with E-state index in [1.165, 1.54) is 16.6 Å². The lowest BCUT2D eigenvalue weighted by atomic mass is 9.88. The third kappa shape index (κ3) is 2.81. The second-order valence-electron chi connectivity index (χ2n) is 5.46. The minimum absolute atomic E-state index is 0.0800. The van der Waals surface area contributed by atoms with Crippen molar-refractivity contribution in [1.29, 1.82) is 0 Å². The van der Waals surface area contributed by atoms with Crippen LogP contribution in [0, 0.1) is 5.41 Å². The minimum atomic E-state index is -3.65. The van der Waals surface area contributed by atoms with Gasteiger partial charge in [-0.25, -0.2) is 13.4 Å². The Morgan fingerprint density at radius 1 is 1.39 bits per heavy atom. The van der Waals surface area contributed by atoms with Crippen LogP contribution in [0.4, 0.5) is 5.69 Å². The van der Waals surface area contributed by atoms with Gasteiger partial charge < -0.3 is 5.73 Å². The number of aromatic nitrogens is 1. The molecule has 2 N–H and O–H groups in total. The van der Waals surface area contributed by atoms with Gasteiger partial charge in [-0.2, -0.15) is 4.31 Å². The summed E-state index contributed by atoms with van der Waals surface area (Å²) in [5, 5.41) is -0.0800. The van der Waals surface area contributed by atoms with Crippen LogP contribution in [0.3, 0.4) is 0 Å². The van der Waals surface area contributed by atoms with Crippen molar-refractivity contribution in [3.05, 3.63) is 18.3 Å². The number of pyridine rings is 1. The highest BCUT2D eigenvalue weighted by atomic mass is 32.2. The van der Waals surface area contributed by atoms with E-state index in [-0.39, 0.29) is 22.2 Å². The number of nitrogen functional groups attached to an aromatic ring is 1. The second-order valence-corrected chi connectivity index (χ2v) is 7.37. The Labute approximate surface area is 109 Å². The molecule has 0 saturated heterocycles. The second kappa shape index (κ2) is 4.85. The fraction of sp³-hybridized carbons (Fsp3) is 0.583. The molecule has 0 amide bonds. The first kappa shape index (κ1) is 14.9. The molecule has 6 heteroatoms. The number of anilines is 1. The summed E-state index contributed by atoms with van der Waals surface area (Å²) in [5.41, 5.74) is 5.70. The summed E-state index contributed by atoms with van der Waals surface area (Å²) < 4.78 is 26.2. The van der Waals surface area contributed by atoms with Crippen LogP contribution in [0.5, 0.6) is 0 Å². The molecule has 1 rings (SSSR count). The van der Waals surface area contributed by atoms with Crippen LogP contribution < -0.4 is 5.73 Å². The number of hydrogen-bond donors (Lipinski definition) is 1. The Balaban J connectivity index is 3.20. The van der Waals surface area contributed by atoms with Crippen LogP contribution >= 0.6 is 0 Å². The van der Waals surface area contributed by atoms with Gasteiger partial charge in [0.15, 0.2) is 5.03 Å². The van der Waals surface area contributed by atoms with Crippen molar-refractivity contribution < 1.29 is 8.42 Å². The standard InChI is InChI=1S/C12H21N3O2S/c1-9(12(2,3)4)15(5)18(16,17)11-10(13)7-6-8-14-11/h6-9H,13H2,1-5H3. The van der Waals surface area contributed by atoms with Crippen LogP contribution in [0.2, 0.25) is 0 Å². The molecule has 18 heavy (non-hydrogen) atoms. The summed E-state index contributed by atoms with van der Waals surface area (Å²) in [7, 11) is -2.10. The zero-order valence-corrected chi connectivity index (χ0v) is 12.3. The van der Waals surface area contributed by atoms with Crippen molar-refractivity contribution in [2.24, 2.45) is 5.41 Å². The van der Waals surface area contributed by atoms with Crippen molar-refractivity contribution in [3.8, 4) is 0 Å². The summed E-state index contributed by atoms with van der Waals surface area (Å²) >= 11 is 0. The van der Waals surface area contributed by atoms with Crippen LogP contribution in [0.25, 0.3) is 0 Å². The number of nitrogens with zero attached hydrogens (tertiary/aromatic N) is 2. The normalized spacial score (nSPS) is 14.8. The summed E-state index contributed by atoms with van der Waals surface area (Å²) in [5.74, 6) is 0. The molecule has 0 radical (unpaired) electrons. The van der Waals surface area contributed by atoms with Crippen molar-refractivity contribution in [1.82, 2.24) is 9.29 Å². The third-order valence-electron chi connectivity index (χ3n) is 3.22. The van der Waals surface area contributed by atoms with Crippen LogP contribution in [-0.4, -0.2) is 30.8 Å². The van der Waals surface area contributed by atoms with Crippen molar-refractivity contribution >= 4 is 15.7 Å². The molecular formula is C12H21N3O2S. The van der Waals surface area contributed by atoms with E-state index < -0.39 is 10.0 Å². The van der Waals surface area contributed by atoms with E-state index in [9.17, 15) is 8.42 Å². The van der Waals surface area contributed by atoms with E-state index in [4.69, 9.17) is 5.73 Å². The Kier molecular flexibility index (Phi) is 4.02. The van der Waals surface area contributed by atoms with Gasteiger partial charge in [0.2, 0.25) is 0 Å². The molecule has 1 unspecified atom stereocenters. The average Bonchev–Trinajstić information content (AvgIpc) is 2.26. The molecule has 0 aliphatic rings. The van der Waals surface area contributed by atoms with Gasteiger partial charge in [0.25, 0.3) is 10.0 Å². The number of sulfonamides is 1. The summed E-state index contributed by atoms with van der Waals surface area (Å²) in [4.78, 5) is 3.88. The first-order valence-electron chi connectivity index (χ1n) is 5.77. The van der Waals surface area contributed by atoms with Gasteiger partial charge in [-0.05, 0) is 24.5 Å². The van der Waals surface area contributed by atoms with E-state index in [0.717, 1.165) is 0 Å². The third-order valence-corrected chi connectivity index (χ3v) is 5.13. The molecular weight excluding hydrogens is 250 g/mol. The molecule has 0 spiro atoms. The number of hydrogen-bond acceptors (Lipinski definition) is 4. The van der Waals surface area contributed by atoms with Crippen LogP contribution in [0.1, 0.15) is 27.7 Å². The molecule has 1 aromatic heterocycles. The number of rotatable bonds is 3. The van der Waals surface area contributed by atoms with Crippen LogP contribution in [0.15, 0.2) is 23.4 Å². The largest absolute Gasteiger partial charge is 0.396 e. The zero-order chi connectivity index (χ0) is 14.1. The van der Waals surface area contributed by atoms with E-state index >= 15 is 0 Å². The fourth-order valence-electron chi connectivity index (χ4n) is 1.51. The van der Waals surface area contributed by atoms with Gasteiger partial charge in [0.05, 0.1) is 5.69 Å². The fourth-order valence-corrected chi connectivity index (χ4v) is 3.07. The van der Waals surface area contributed by atoms with Gasteiger partial charge >= 0.3 is 0 Å². The minimum Gasteiger partial charge on any atom is -0.396 e. The quantitative estimate of drug-likeness (QED) is 0.908. The smallest absolute Gasteiger partial charge is 0.262 e. The molecule has 0 fully saturated rings. The average molecular weight is 271 g/mol. The van der Waals surface area contributed by atoms with Crippen molar-refractivity contribution in [2.45, 2.75) is 38.8 Å². The van der Waals surface area contributed by atoms with Crippen molar-refractivity contribution in [3.63, 3.8) is 0 Å². The highest BCUT2D eigenvalue weighted by Gasteiger charge is 2.34. The predicted octanol–water partition coefficient (Wildman–Crippen LogP) is 1.72. The molecule has 5 nitrogen and oxygen atoms in total. The monoisotopic (exact) mass is 271 g/mol. The summed E-state index contributed by atoms with van der Waals surface area (Å²) in [6.07, 6.45) is 1.43. The van der Waals surface area contributed by atoms with Gasteiger partial charge in [-0.15, -0.1) is 0 Å². The van der Waals surface area contributed by atoms with Gasteiger partial charge in [0, 0.05) is 19.3 Å². The van der Waals surface area contributed by atoms with Gasteiger partial charge in [0.1, 0.15) is 0 Å². The first-order valence-corrected chi connectivity index (χ1v) is 7.21. The van der Waals surface area contributed by atoms with E-state index in [1.54, 1.807) is 13.1 Å². The van der Waals surface area contributed by atoms with E-state index in [0.29, 0.717) is 0 Å². The Bertz CT molecular complexity index is 520. The molecule has 0 aliphatic carbocycles. The Hall–Kier alpha value is -1.14. The zero-order valence-electron chi connectivity index (χ0n) is 11.5. The highest BCUT2D eigenvalue weighted by molar-refractivity contribution is 7.89. The molecule has 0 aromatic carbocycles. The molecule has 0 bridgehead atoms. The topological polar surface area (TPSA) is 76.3 Å². The number of nitrogens with two attached hydrogens (primary N) is 1. The van der Waals surface area contributed by atoms with Crippen molar-refractivity contribution in [2.75, 3.05) is 12.8 Å². The first-order chi connectivity index (χ1) is 8.08. The lowest BCUT2D eigenvalue weighted by molar-refractivity contribution is 0.216. The SMILES string of the molecule is CC(N(C)S(=O)(=O)c1ncccc1N)C(C)(C)C. The molecule has 1 atom stereocenters. The molecule has 1 aromatic rings. The van der Waals surface area contributed by atoms with Gasteiger partial charge in [-0.3, -0.25) is 0 Å². The molecule has 1 heterocycles. The van der Waals surface area contributed by atoms with E-state index in [1.807, 2.05) is 27.7 Å². The molecule has 102 valence electrons. The summed E-state index contributed by atoms with van der Waals surface area (Å²) in [6.45, 7) is 7.85. The van der Waals surface area contributed by atoms with E-state index in [2.05, 4.69) is 4.98 Å². The van der Waals surface area contributed by atoms with Gasteiger partial charge in [-0.1, -0.05) is 20.8 Å². The maximum Gasteiger partial charge on any atom is 0.262 e.